The van der Waals surface area contributed by atoms with E-state index in [2.05, 4.69) is 10.2 Å². The van der Waals surface area contributed by atoms with Crippen molar-refractivity contribution in [3.05, 3.63) is 59.7 Å². The topological polar surface area (TPSA) is 50.8 Å². The van der Waals surface area contributed by atoms with Crippen molar-refractivity contribution in [3.63, 3.8) is 0 Å². The van der Waals surface area contributed by atoms with Gasteiger partial charge in [-0.15, -0.1) is 0 Å². The molecule has 1 aliphatic heterocycles. The van der Waals surface area contributed by atoms with Crippen molar-refractivity contribution in [2.45, 2.75) is 13.5 Å². The number of amides is 1. The summed E-state index contributed by atoms with van der Waals surface area (Å²) in [5, 5.41) is 2.91. The molecule has 0 saturated carbocycles. The molecule has 0 unspecified atom stereocenters. The van der Waals surface area contributed by atoms with Crippen LogP contribution in [0.25, 0.3) is 0 Å². The van der Waals surface area contributed by atoms with E-state index in [1.807, 2.05) is 55.5 Å². The van der Waals surface area contributed by atoms with Crippen molar-refractivity contribution < 1.29 is 14.3 Å². The van der Waals surface area contributed by atoms with Crippen LogP contribution in [0.4, 0.5) is 5.69 Å². The van der Waals surface area contributed by atoms with Crippen molar-refractivity contribution >= 4 is 11.6 Å². The first-order valence-corrected chi connectivity index (χ1v) is 8.68. The van der Waals surface area contributed by atoms with Crippen LogP contribution in [0.15, 0.2) is 48.5 Å². The Bertz CT molecular complexity index is 694. The Kier molecular flexibility index (Phi) is 6.04. The number of carbonyl (C=O) groups excluding carboxylic acids is 1. The lowest BCUT2D eigenvalue weighted by Gasteiger charge is -2.26. The van der Waals surface area contributed by atoms with Gasteiger partial charge in [-0.1, -0.05) is 18.2 Å². The molecule has 0 bridgehead atoms. The molecule has 1 heterocycles. The van der Waals surface area contributed by atoms with Crippen LogP contribution in [0.1, 0.15) is 22.8 Å². The predicted octanol–water partition coefficient (Wildman–Crippen LogP) is 3.17. The second-order valence-corrected chi connectivity index (χ2v) is 6.00. The maximum Gasteiger partial charge on any atom is 0.255 e. The largest absolute Gasteiger partial charge is 0.494 e. The molecule has 0 radical (unpaired) electrons. The Hall–Kier alpha value is -2.37. The lowest BCUT2D eigenvalue weighted by atomic mass is 10.1. The highest BCUT2D eigenvalue weighted by Crippen LogP contribution is 2.18. The number of hydrogen-bond acceptors (Lipinski definition) is 4. The van der Waals surface area contributed by atoms with Crippen LogP contribution < -0.4 is 10.1 Å². The van der Waals surface area contributed by atoms with Crippen molar-refractivity contribution in [3.8, 4) is 5.75 Å². The second kappa shape index (κ2) is 8.65. The number of morpholine rings is 1. The molecule has 0 aliphatic carbocycles. The van der Waals surface area contributed by atoms with E-state index >= 15 is 0 Å². The van der Waals surface area contributed by atoms with E-state index in [4.69, 9.17) is 9.47 Å². The zero-order chi connectivity index (χ0) is 17.5. The van der Waals surface area contributed by atoms with Gasteiger partial charge in [-0.2, -0.15) is 0 Å². The molecule has 1 saturated heterocycles. The molecule has 1 N–H and O–H groups in total. The summed E-state index contributed by atoms with van der Waals surface area (Å²) in [5.41, 5.74) is 2.58. The van der Waals surface area contributed by atoms with Crippen LogP contribution in [0, 0.1) is 0 Å². The maximum absolute atomic E-state index is 12.4. The number of carbonyl (C=O) groups is 1. The molecular formula is C20H24N2O3. The SMILES string of the molecule is CCOc1cccc(NC(=O)c2ccc(CN3CCOCC3)cc2)c1. The van der Waals surface area contributed by atoms with E-state index in [0.717, 1.165) is 44.3 Å². The van der Waals surface area contributed by atoms with Gasteiger partial charge >= 0.3 is 0 Å². The average Bonchev–Trinajstić information content (AvgIpc) is 2.64. The summed E-state index contributed by atoms with van der Waals surface area (Å²) in [6.45, 7) is 6.92. The van der Waals surface area contributed by atoms with Crippen LogP contribution in [-0.4, -0.2) is 43.7 Å². The lowest BCUT2D eigenvalue weighted by molar-refractivity contribution is 0.0342. The normalized spacial score (nSPS) is 14.9. The van der Waals surface area contributed by atoms with Gasteiger partial charge in [0.15, 0.2) is 0 Å². The highest BCUT2D eigenvalue weighted by molar-refractivity contribution is 6.04. The molecule has 2 aromatic rings. The van der Waals surface area contributed by atoms with E-state index in [-0.39, 0.29) is 5.91 Å². The third kappa shape index (κ3) is 5.05. The van der Waals surface area contributed by atoms with Crippen molar-refractivity contribution in [1.82, 2.24) is 4.90 Å². The average molecular weight is 340 g/mol. The quantitative estimate of drug-likeness (QED) is 0.877. The fourth-order valence-corrected chi connectivity index (χ4v) is 2.81. The Morgan fingerprint density at radius 1 is 1.16 bits per heavy atom. The minimum atomic E-state index is -0.119. The molecular weight excluding hydrogens is 316 g/mol. The first kappa shape index (κ1) is 17.5. The highest BCUT2D eigenvalue weighted by atomic mass is 16.5. The van der Waals surface area contributed by atoms with E-state index in [1.54, 1.807) is 0 Å². The monoisotopic (exact) mass is 340 g/mol. The Labute approximate surface area is 148 Å². The second-order valence-electron chi connectivity index (χ2n) is 6.00. The van der Waals surface area contributed by atoms with E-state index in [9.17, 15) is 4.79 Å². The molecule has 0 atom stereocenters. The Balaban J connectivity index is 1.59. The van der Waals surface area contributed by atoms with Crippen LogP contribution in [0.2, 0.25) is 0 Å². The Morgan fingerprint density at radius 3 is 2.64 bits per heavy atom. The van der Waals surface area contributed by atoms with Crippen LogP contribution >= 0.6 is 0 Å². The van der Waals surface area contributed by atoms with Gasteiger partial charge in [0.1, 0.15) is 5.75 Å². The number of nitrogens with one attached hydrogen (secondary N) is 1. The summed E-state index contributed by atoms with van der Waals surface area (Å²) in [5.74, 6) is 0.632. The van der Waals surface area contributed by atoms with Crippen molar-refractivity contribution in [2.24, 2.45) is 0 Å². The van der Waals surface area contributed by atoms with Gasteiger partial charge in [-0.3, -0.25) is 9.69 Å². The minimum absolute atomic E-state index is 0.119. The number of rotatable bonds is 6. The summed E-state index contributed by atoms with van der Waals surface area (Å²) in [6, 6.07) is 15.2. The van der Waals surface area contributed by atoms with Crippen LogP contribution in [-0.2, 0) is 11.3 Å². The fourth-order valence-electron chi connectivity index (χ4n) is 2.81. The molecule has 0 aromatic heterocycles. The highest BCUT2D eigenvalue weighted by Gasteiger charge is 2.11. The molecule has 1 aliphatic rings. The van der Waals surface area contributed by atoms with Crippen molar-refractivity contribution in [1.29, 1.82) is 0 Å². The summed E-state index contributed by atoms with van der Waals surface area (Å²) >= 11 is 0. The van der Waals surface area contributed by atoms with E-state index in [1.165, 1.54) is 5.56 Å². The number of benzene rings is 2. The summed E-state index contributed by atoms with van der Waals surface area (Å²) < 4.78 is 10.8. The number of nitrogens with zero attached hydrogens (tertiary/aromatic N) is 1. The molecule has 5 nitrogen and oxygen atoms in total. The van der Waals surface area contributed by atoms with Gasteiger partial charge < -0.3 is 14.8 Å². The Morgan fingerprint density at radius 2 is 1.92 bits per heavy atom. The fraction of sp³-hybridized carbons (Fsp3) is 0.350. The lowest BCUT2D eigenvalue weighted by Crippen LogP contribution is -2.35. The predicted molar refractivity (Wildman–Crippen MR) is 98.1 cm³/mol. The van der Waals surface area contributed by atoms with Gasteiger partial charge in [-0.05, 0) is 36.8 Å². The zero-order valence-electron chi connectivity index (χ0n) is 14.5. The molecule has 1 fully saturated rings. The van der Waals surface area contributed by atoms with E-state index in [0.29, 0.717) is 12.2 Å². The molecule has 2 aromatic carbocycles. The molecule has 25 heavy (non-hydrogen) atoms. The molecule has 132 valence electrons. The van der Waals surface area contributed by atoms with Gasteiger partial charge in [0.05, 0.1) is 19.8 Å². The molecule has 0 spiro atoms. The van der Waals surface area contributed by atoms with Gasteiger partial charge in [0.2, 0.25) is 0 Å². The van der Waals surface area contributed by atoms with E-state index < -0.39 is 0 Å². The smallest absolute Gasteiger partial charge is 0.255 e. The first-order valence-electron chi connectivity index (χ1n) is 8.68. The number of ether oxygens (including phenoxy) is 2. The first-order chi connectivity index (χ1) is 12.2. The number of hydrogen-bond donors (Lipinski definition) is 1. The zero-order valence-corrected chi connectivity index (χ0v) is 14.5. The minimum Gasteiger partial charge on any atom is -0.494 e. The molecule has 3 rings (SSSR count). The molecule has 5 heteroatoms. The summed E-state index contributed by atoms with van der Waals surface area (Å²) in [4.78, 5) is 14.8. The molecule has 1 amide bonds. The van der Waals surface area contributed by atoms with Gasteiger partial charge in [-0.25, -0.2) is 0 Å². The summed E-state index contributed by atoms with van der Waals surface area (Å²) in [6.07, 6.45) is 0. The number of anilines is 1. The third-order valence-electron chi connectivity index (χ3n) is 4.13. The standard InChI is InChI=1S/C20H24N2O3/c1-2-25-19-5-3-4-18(14-19)21-20(23)17-8-6-16(7-9-17)15-22-10-12-24-13-11-22/h3-9,14H,2,10-13,15H2,1H3,(H,21,23). The van der Waals surface area contributed by atoms with Crippen LogP contribution in [0.5, 0.6) is 5.75 Å². The van der Waals surface area contributed by atoms with Crippen LogP contribution in [0.3, 0.4) is 0 Å². The van der Waals surface area contributed by atoms with Gasteiger partial charge in [0, 0.05) is 37.0 Å². The third-order valence-corrected chi connectivity index (χ3v) is 4.13. The van der Waals surface area contributed by atoms with Crippen molar-refractivity contribution in [2.75, 3.05) is 38.2 Å². The summed E-state index contributed by atoms with van der Waals surface area (Å²) in [7, 11) is 0. The van der Waals surface area contributed by atoms with Gasteiger partial charge in [0.25, 0.3) is 5.91 Å². The maximum atomic E-state index is 12.4.